The number of aromatic nitrogens is 3. The number of hydrogen-bond acceptors (Lipinski definition) is 6. The number of nitro benzene ring substituents is 1. The fourth-order valence-electron chi connectivity index (χ4n) is 2.49. The SMILES string of the molecule is Cc1nnc(SCC(=O)Nc2ccc(Cl)cc2[N+](=O)[O-])n1Cc1ccccc1. The first kappa shape index (κ1) is 19.8. The van der Waals surface area contributed by atoms with Crippen molar-refractivity contribution in [1.82, 2.24) is 14.8 Å². The van der Waals surface area contributed by atoms with Crippen molar-refractivity contribution in [2.24, 2.45) is 0 Å². The highest BCUT2D eigenvalue weighted by Gasteiger charge is 2.18. The first-order valence-corrected chi connectivity index (χ1v) is 9.60. The van der Waals surface area contributed by atoms with Crippen LogP contribution in [-0.2, 0) is 11.3 Å². The Morgan fingerprint density at radius 2 is 2.00 bits per heavy atom. The molecule has 0 fully saturated rings. The largest absolute Gasteiger partial charge is 0.320 e. The second-order valence-corrected chi connectivity index (χ2v) is 7.24. The molecule has 3 aromatic rings. The van der Waals surface area contributed by atoms with Crippen molar-refractivity contribution < 1.29 is 9.72 Å². The Morgan fingerprint density at radius 3 is 2.71 bits per heavy atom. The zero-order chi connectivity index (χ0) is 20.1. The van der Waals surface area contributed by atoms with Gasteiger partial charge >= 0.3 is 0 Å². The molecule has 0 saturated carbocycles. The molecule has 10 heteroatoms. The summed E-state index contributed by atoms with van der Waals surface area (Å²) in [5.41, 5.74) is 0.935. The summed E-state index contributed by atoms with van der Waals surface area (Å²) in [4.78, 5) is 22.8. The topological polar surface area (TPSA) is 103 Å². The number of halogens is 1. The molecule has 0 spiro atoms. The number of aryl methyl sites for hydroxylation is 1. The lowest BCUT2D eigenvalue weighted by Gasteiger charge is -2.09. The van der Waals surface area contributed by atoms with E-state index in [1.807, 2.05) is 41.8 Å². The van der Waals surface area contributed by atoms with E-state index in [-0.39, 0.29) is 28.1 Å². The predicted octanol–water partition coefficient (Wildman–Crippen LogP) is 3.93. The predicted molar refractivity (Wildman–Crippen MR) is 108 cm³/mol. The number of amides is 1. The molecule has 0 bridgehead atoms. The summed E-state index contributed by atoms with van der Waals surface area (Å²) in [6, 6.07) is 13.9. The molecule has 2 aromatic carbocycles. The number of anilines is 1. The third kappa shape index (κ3) is 4.87. The number of carbonyl (C=O) groups excluding carboxylic acids is 1. The molecule has 1 N–H and O–H groups in total. The van der Waals surface area contributed by atoms with Crippen molar-refractivity contribution in [2.75, 3.05) is 11.1 Å². The Balaban J connectivity index is 1.67. The van der Waals surface area contributed by atoms with Crippen LogP contribution in [0.15, 0.2) is 53.7 Å². The van der Waals surface area contributed by atoms with Gasteiger partial charge in [-0.1, -0.05) is 53.7 Å². The summed E-state index contributed by atoms with van der Waals surface area (Å²) in [5, 5.41) is 22.7. The van der Waals surface area contributed by atoms with Gasteiger partial charge < -0.3 is 9.88 Å². The van der Waals surface area contributed by atoms with E-state index in [2.05, 4.69) is 15.5 Å². The van der Waals surface area contributed by atoms with E-state index >= 15 is 0 Å². The smallest absolute Gasteiger partial charge is 0.294 e. The molecule has 0 aliphatic heterocycles. The van der Waals surface area contributed by atoms with Crippen LogP contribution < -0.4 is 5.32 Å². The highest BCUT2D eigenvalue weighted by Crippen LogP contribution is 2.28. The van der Waals surface area contributed by atoms with Crippen molar-refractivity contribution >= 4 is 40.6 Å². The van der Waals surface area contributed by atoms with Crippen molar-refractivity contribution in [2.45, 2.75) is 18.6 Å². The molecule has 0 unspecified atom stereocenters. The summed E-state index contributed by atoms with van der Waals surface area (Å²) < 4.78 is 1.91. The Hall–Kier alpha value is -2.91. The van der Waals surface area contributed by atoms with Crippen molar-refractivity contribution in [3.8, 4) is 0 Å². The maximum atomic E-state index is 12.3. The Labute approximate surface area is 170 Å². The minimum atomic E-state index is -0.589. The summed E-state index contributed by atoms with van der Waals surface area (Å²) in [6.07, 6.45) is 0. The van der Waals surface area contributed by atoms with Gasteiger partial charge in [0, 0.05) is 11.1 Å². The second-order valence-electron chi connectivity index (χ2n) is 5.86. The number of nitro groups is 1. The molecule has 144 valence electrons. The molecule has 3 rings (SSSR count). The van der Waals surface area contributed by atoms with Gasteiger partial charge in [0.1, 0.15) is 11.5 Å². The van der Waals surface area contributed by atoms with Gasteiger partial charge in [0.25, 0.3) is 5.69 Å². The molecule has 28 heavy (non-hydrogen) atoms. The molecule has 0 saturated heterocycles. The van der Waals surface area contributed by atoms with Gasteiger partial charge in [0.15, 0.2) is 5.16 Å². The van der Waals surface area contributed by atoms with E-state index in [1.54, 1.807) is 0 Å². The summed E-state index contributed by atoms with van der Waals surface area (Å²) in [6.45, 7) is 2.43. The van der Waals surface area contributed by atoms with Crippen LogP contribution in [0, 0.1) is 17.0 Å². The summed E-state index contributed by atoms with van der Waals surface area (Å²) >= 11 is 7.00. The highest BCUT2D eigenvalue weighted by atomic mass is 35.5. The average molecular weight is 418 g/mol. The quantitative estimate of drug-likeness (QED) is 0.355. The van der Waals surface area contributed by atoms with Crippen molar-refractivity contribution in [1.29, 1.82) is 0 Å². The van der Waals surface area contributed by atoms with Crippen LogP contribution in [-0.4, -0.2) is 31.3 Å². The Kier molecular flexibility index (Phi) is 6.27. The summed E-state index contributed by atoms with van der Waals surface area (Å²) in [7, 11) is 0. The number of nitrogens with one attached hydrogen (secondary N) is 1. The van der Waals surface area contributed by atoms with Gasteiger partial charge in [0.05, 0.1) is 17.2 Å². The molecular formula is C18H16ClN5O3S. The van der Waals surface area contributed by atoms with Gasteiger partial charge in [-0.15, -0.1) is 10.2 Å². The number of hydrogen-bond donors (Lipinski definition) is 1. The Bertz CT molecular complexity index is 1010. The van der Waals surface area contributed by atoms with Crippen LogP contribution >= 0.6 is 23.4 Å². The normalized spacial score (nSPS) is 10.6. The fourth-order valence-corrected chi connectivity index (χ4v) is 3.44. The molecule has 1 heterocycles. The second kappa shape index (κ2) is 8.85. The zero-order valence-corrected chi connectivity index (χ0v) is 16.4. The van der Waals surface area contributed by atoms with Crippen LogP contribution in [0.5, 0.6) is 0 Å². The van der Waals surface area contributed by atoms with E-state index in [0.717, 1.165) is 11.4 Å². The van der Waals surface area contributed by atoms with Gasteiger partial charge in [-0.2, -0.15) is 0 Å². The standard InChI is InChI=1S/C18H16ClN5O3S/c1-12-21-22-18(23(12)10-13-5-3-2-4-6-13)28-11-17(25)20-15-8-7-14(19)9-16(15)24(26)27/h2-9H,10-11H2,1H3,(H,20,25). The lowest BCUT2D eigenvalue weighted by atomic mass is 10.2. The lowest BCUT2D eigenvalue weighted by molar-refractivity contribution is -0.383. The third-order valence-electron chi connectivity index (χ3n) is 3.85. The van der Waals surface area contributed by atoms with Gasteiger partial charge in [-0.25, -0.2) is 0 Å². The van der Waals surface area contributed by atoms with E-state index in [1.165, 1.54) is 30.0 Å². The zero-order valence-electron chi connectivity index (χ0n) is 14.8. The van der Waals surface area contributed by atoms with E-state index < -0.39 is 4.92 Å². The fraction of sp³-hybridized carbons (Fsp3) is 0.167. The maximum absolute atomic E-state index is 12.3. The van der Waals surface area contributed by atoms with Crippen LogP contribution in [0.2, 0.25) is 5.02 Å². The van der Waals surface area contributed by atoms with Crippen LogP contribution in [0.4, 0.5) is 11.4 Å². The van der Waals surface area contributed by atoms with Crippen LogP contribution in [0.25, 0.3) is 0 Å². The average Bonchev–Trinajstić information content (AvgIpc) is 3.02. The van der Waals surface area contributed by atoms with Crippen molar-refractivity contribution in [3.63, 3.8) is 0 Å². The van der Waals surface area contributed by atoms with E-state index in [0.29, 0.717) is 11.7 Å². The lowest BCUT2D eigenvalue weighted by Crippen LogP contribution is -2.16. The molecule has 0 aliphatic carbocycles. The highest BCUT2D eigenvalue weighted by molar-refractivity contribution is 7.99. The van der Waals surface area contributed by atoms with Gasteiger partial charge in [0.2, 0.25) is 5.91 Å². The minimum absolute atomic E-state index is 0.0344. The number of carbonyl (C=O) groups is 1. The Morgan fingerprint density at radius 1 is 1.25 bits per heavy atom. The number of rotatable bonds is 7. The van der Waals surface area contributed by atoms with E-state index in [4.69, 9.17) is 11.6 Å². The molecule has 8 nitrogen and oxygen atoms in total. The van der Waals surface area contributed by atoms with Crippen LogP contribution in [0.1, 0.15) is 11.4 Å². The molecule has 1 aromatic heterocycles. The van der Waals surface area contributed by atoms with Gasteiger partial charge in [-0.3, -0.25) is 14.9 Å². The molecule has 0 atom stereocenters. The van der Waals surface area contributed by atoms with Crippen LogP contribution in [0.3, 0.4) is 0 Å². The van der Waals surface area contributed by atoms with E-state index in [9.17, 15) is 14.9 Å². The number of benzene rings is 2. The molecule has 0 aliphatic rings. The summed E-state index contributed by atoms with van der Waals surface area (Å²) in [5.74, 6) is 0.384. The first-order valence-electron chi connectivity index (χ1n) is 8.24. The maximum Gasteiger partial charge on any atom is 0.294 e. The number of nitrogens with zero attached hydrogens (tertiary/aromatic N) is 4. The molecule has 1 amide bonds. The first-order chi connectivity index (χ1) is 13.4. The van der Waals surface area contributed by atoms with Crippen molar-refractivity contribution in [3.05, 3.63) is 75.1 Å². The van der Waals surface area contributed by atoms with Gasteiger partial charge in [-0.05, 0) is 24.6 Å². The number of thioether (sulfide) groups is 1. The minimum Gasteiger partial charge on any atom is -0.320 e. The monoisotopic (exact) mass is 417 g/mol. The molecular weight excluding hydrogens is 402 g/mol. The molecule has 0 radical (unpaired) electrons. The third-order valence-corrected chi connectivity index (χ3v) is 5.05.